The number of nitrogens with zero attached hydrogens (tertiary/aromatic N) is 1. The van der Waals surface area contributed by atoms with Gasteiger partial charge in [-0.05, 0) is 55.8 Å². The van der Waals surface area contributed by atoms with Crippen LogP contribution in [0.5, 0.6) is 5.75 Å². The van der Waals surface area contributed by atoms with Gasteiger partial charge in [0.25, 0.3) is 11.8 Å². The van der Waals surface area contributed by atoms with E-state index >= 15 is 0 Å². The van der Waals surface area contributed by atoms with Crippen LogP contribution in [0.4, 0.5) is 5.69 Å². The summed E-state index contributed by atoms with van der Waals surface area (Å²) >= 11 is 0. The van der Waals surface area contributed by atoms with Crippen LogP contribution in [0.3, 0.4) is 0 Å². The van der Waals surface area contributed by atoms with Gasteiger partial charge in [0.15, 0.2) is 6.61 Å². The van der Waals surface area contributed by atoms with E-state index in [1.54, 1.807) is 13.0 Å². The Hall–Kier alpha value is -4.26. The van der Waals surface area contributed by atoms with Gasteiger partial charge in [0.05, 0.1) is 22.4 Å². The summed E-state index contributed by atoms with van der Waals surface area (Å²) in [5.41, 5.74) is 2.65. The second kappa shape index (κ2) is 8.11. The Balaban J connectivity index is 1.52. The van der Waals surface area contributed by atoms with Crippen LogP contribution in [0.2, 0.25) is 0 Å². The molecule has 0 spiro atoms. The first-order chi connectivity index (χ1) is 15.3. The number of benzene rings is 3. The Labute approximate surface area is 183 Å². The molecule has 1 aliphatic heterocycles. The molecule has 3 aromatic carbocycles. The van der Waals surface area contributed by atoms with Crippen molar-refractivity contribution < 1.29 is 29.0 Å². The number of ether oxygens (including phenoxy) is 1. The normalized spacial score (nSPS) is 12.6. The molecule has 3 aromatic rings. The van der Waals surface area contributed by atoms with Gasteiger partial charge in [-0.15, -0.1) is 0 Å². The van der Waals surface area contributed by atoms with Crippen LogP contribution in [-0.2, 0) is 4.74 Å². The summed E-state index contributed by atoms with van der Waals surface area (Å²) in [5, 5.41) is 9.66. The molecule has 2 amide bonds. The molecule has 0 saturated heterocycles. The van der Waals surface area contributed by atoms with Crippen molar-refractivity contribution in [3.63, 3.8) is 0 Å². The Morgan fingerprint density at radius 1 is 0.906 bits per heavy atom. The van der Waals surface area contributed by atoms with Gasteiger partial charge >= 0.3 is 5.97 Å². The summed E-state index contributed by atoms with van der Waals surface area (Å²) in [6, 6.07) is 15.3. The first-order valence-electron chi connectivity index (χ1n) is 9.85. The highest BCUT2D eigenvalue weighted by Gasteiger charge is 2.37. The summed E-state index contributed by atoms with van der Waals surface area (Å²) in [7, 11) is 0. The molecule has 0 radical (unpaired) electrons. The molecule has 7 nitrogen and oxygen atoms in total. The van der Waals surface area contributed by atoms with Crippen molar-refractivity contribution in [1.82, 2.24) is 0 Å². The molecule has 4 rings (SSSR count). The minimum atomic E-state index is -0.775. The largest absolute Gasteiger partial charge is 0.508 e. The third-order valence-electron chi connectivity index (χ3n) is 5.24. The van der Waals surface area contributed by atoms with E-state index in [1.807, 2.05) is 19.1 Å². The zero-order valence-electron chi connectivity index (χ0n) is 17.4. The topological polar surface area (TPSA) is 101 Å². The van der Waals surface area contributed by atoms with E-state index in [2.05, 4.69) is 0 Å². The van der Waals surface area contributed by atoms with Gasteiger partial charge in [0, 0.05) is 11.6 Å². The number of esters is 1. The Morgan fingerprint density at radius 2 is 1.66 bits per heavy atom. The summed E-state index contributed by atoms with van der Waals surface area (Å²) in [6.07, 6.45) is 0. The molecular formula is C25H19NO6. The third kappa shape index (κ3) is 3.76. The van der Waals surface area contributed by atoms with Gasteiger partial charge in [-0.2, -0.15) is 0 Å². The number of hydrogen-bond donors (Lipinski definition) is 1. The number of hydrogen-bond acceptors (Lipinski definition) is 6. The quantitative estimate of drug-likeness (QED) is 0.376. The number of phenolic OH excluding ortho intramolecular Hbond substituents is 1. The lowest BCUT2D eigenvalue weighted by Crippen LogP contribution is -2.29. The molecular weight excluding hydrogens is 410 g/mol. The van der Waals surface area contributed by atoms with Crippen LogP contribution in [-0.4, -0.2) is 35.3 Å². The van der Waals surface area contributed by atoms with E-state index in [1.165, 1.54) is 42.5 Å². The monoisotopic (exact) mass is 429 g/mol. The Kier molecular flexibility index (Phi) is 5.32. The van der Waals surface area contributed by atoms with Gasteiger partial charge < -0.3 is 9.84 Å². The number of ketones is 1. The average Bonchev–Trinajstić information content (AvgIpc) is 3.03. The lowest BCUT2D eigenvalue weighted by molar-refractivity contribution is 0.0474. The van der Waals surface area contributed by atoms with Crippen LogP contribution >= 0.6 is 0 Å². The molecule has 0 saturated carbocycles. The number of imide groups is 1. The van der Waals surface area contributed by atoms with Gasteiger partial charge in [-0.25, -0.2) is 9.69 Å². The second-order valence-electron chi connectivity index (χ2n) is 7.54. The zero-order chi connectivity index (χ0) is 23.0. The number of Topliss-reactive ketones (excluding diaryl/α,β-unsaturated/α-hetero) is 1. The van der Waals surface area contributed by atoms with E-state index in [9.17, 15) is 24.3 Å². The molecule has 1 heterocycles. The van der Waals surface area contributed by atoms with Gasteiger partial charge in [-0.1, -0.05) is 23.8 Å². The zero-order valence-corrected chi connectivity index (χ0v) is 17.4. The number of aromatic hydroxyl groups is 1. The molecule has 32 heavy (non-hydrogen) atoms. The summed E-state index contributed by atoms with van der Waals surface area (Å²) in [5.74, 6) is -2.36. The van der Waals surface area contributed by atoms with Crippen LogP contribution in [0.1, 0.15) is 52.6 Å². The molecule has 1 N–H and O–H groups in total. The third-order valence-corrected chi connectivity index (χ3v) is 5.24. The maximum Gasteiger partial charge on any atom is 0.338 e. The van der Waals surface area contributed by atoms with E-state index < -0.39 is 24.4 Å². The van der Waals surface area contributed by atoms with E-state index in [4.69, 9.17) is 4.74 Å². The molecule has 0 atom stereocenters. The first-order valence-corrected chi connectivity index (χ1v) is 9.85. The van der Waals surface area contributed by atoms with Gasteiger partial charge in [0.2, 0.25) is 5.78 Å². The molecule has 7 heteroatoms. The van der Waals surface area contributed by atoms with Crippen molar-refractivity contribution in [3.05, 3.63) is 94.0 Å². The van der Waals surface area contributed by atoms with Crippen molar-refractivity contribution in [2.75, 3.05) is 11.5 Å². The fraction of sp³-hybridized carbons (Fsp3) is 0.120. The molecule has 0 unspecified atom stereocenters. The number of carbonyl (C=O) groups excluding carboxylic acids is 4. The fourth-order valence-corrected chi connectivity index (χ4v) is 3.56. The SMILES string of the molecule is Cc1ccc(C)c(C(=O)COC(=O)c2ccc3c(c2)C(=O)N(c2cccc(O)c2)C3=O)c1. The summed E-state index contributed by atoms with van der Waals surface area (Å²) < 4.78 is 5.16. The highest BCUT2D eigenvalue weighted by atomic mass is 16.5. The predicted octanol–water partition coefficient (Wildman–Crippen LogP) is 3.85. The Bertz CT molecular complexity index is 1290. The molecule has 1 aliphatic rings. The van der Waals surface area contributed by atoms with Crippen molar-refractivity contribution in [3.8, 4) is 5.75 Å². The lowest BCUT2D eigenvalue weighted by atomic mass is 10.0. The number of rotatable bonds is 5. The lowest BCUT2D eigenvalue weighted by Gasteiger charge is -2.13. The fourth-order valence-electron chi connectivity index (χ4n) is 3.56. The molecule has 160 valence electrons. The number of fused-ring (bicyclic) bond motifs is 1. The molecule has 0 bridgehead atoms. The van der Waals surface area contributed by atoms with Gasteiger partial charge in [0.1, 0.15) is 5.75 Å². The standard InChI is InChI=1S/C25H19NO6/c1-14-6-7-15(2)20(10-14)22(28)13-32-25(31)16-8-9-19-21(11-16)24(30)26(23(19)29)17-4-3-5-18(27)12-17/h3-12,27H,13H2,1-2H3. The maximum absolute atomic E-state index is 12.8. The minimum absolute atomic E-state index is 0.0497. The summed E-state index contributed by atoms with van der Waals surface area (Å²) in [4.78, 5) is 51.4. The van der Waals surface area contributed by atoms with E-state index in [-0.39, 0.29) is 33.9 Å². The van der Waals surface area contributed by atoms with Crippen molar-refractivity contribution in [2.24, 2.45) is 0 Å². The van der Waals surface area contributed by atoms with Crippen LogP contribution in [0.15, 0.2) is 60.7 Å². The smallest absolute Gasteiger partial charge is 0.338 e. The van der Waals surface area contributed by atoms with Crippen molar-refractivity contribution in [2.45, 2.75) is 13.8 Å². The first kappa shape index (κ1) is 21.0. The van der Waals surface area contributed by atoms with Crippen LogP contribution in [0, 0.1) is 13.8 Å². The maximum atomic E-state index is 12.8. The number of anilines is 1. The number of phenols is 1. The second-order valence-corrected chi connectivity index (χ2v) is 7.54. The minimum Gasteiger partial charge on any atom is -0.508 e. The summed E-state index contributed by atoms with van der Waals surface area (Å²) in [6.45, 7) is 3.23. The van der Waals surface area contributed by atoms with Crippen molar-refractivity contribution in [1.29, 1.82) is 0 Å². The van der Waals surface area contributed by atoms with E-state index in [0.717, 1.165) is 16.0 Å². The van der Waals surface area contributed by atoms with Crippen LogP contribution in [0.25, 0.3) is 0 Å². The average molecular weight is 429 g/mol. The Morgan fingerprint density at radius 3 is 2.41 bits per heavy atom. The number of aryl methyl sites for hydroxylation is 2. The molecule has 0 fully saturated rings. The highest BCUT2D eigenvalue weighted by Crippen LogP contribution is 2.30. The molecule has 0 aliphatic carbocycles. The van der Waals surface area contributed by atoms with Crippen LogP contribution < -0.4 is 4.90 Å². The number of amides is 2. The molecule has 0 aromatic heterocycles. The highest BCUT2D eigenvalue weighted by molar-refractivity contribution is 6.34. The van der Waals surface area contributed by atoms with Gasteiger partial charge in [-0.3, -0.25) is 14.4 Å². The van der Waals surface area contributed by atoms with E-state index in [0.29, 0.717) is 5.56 Å². The predicted molar refractivity (Wildman–Crippen MR) is 116 cm³/mol. The number of carbonyl (C=O) groups is 4. The van der Waals surface area contributed by atoms with Crippen molar-refractivity contribution >= 4 is 29.3 Å².